The van der Waals surface area contributed by atoms with Gasteiger partial charge in [-0.05, 0) is 24.6 Å². The lowest BCUT2D eigenvalue weighted by atomic mass is 10.0. The number of carbonyl (C=O) groups is 1. The predicted octanol–water partition coefficient (Wildman–Crippen LogP) is 1.08. The highest BCUT2D eigenvalue weighted by molar-refractivity contribution is 5.82. The Morgan fingerprint density at radius 1 is 1.17 bits per heavy atom. The molecule has 3 aromatic rings. The normalized spacial score (nSPS) is 12.0. The fourth-order valence-corrected chi connectivity index (χ4v) is 2.28. The molecule has 1 unspecified atom stereocenters. The number of carbonyl (C=O) groups excluding carboxylic acids is 1. The molecule has 0 spiro atoms. The average molecular weight is 323 g/mol. The van der Waals surface area contributed by atoms with Crippen LogP contribution >= 0.6 is 0 Å². The van der Waals surface area contributed by atoms with Crippen molar-refractivity contribution in [2.24, 2.45) is 5.73 Å². The molecule has 3 aromatic heterocycles. The number of amides is 1. The predicted molar refractivity (Wildman–Crippen MR) is 91.0 cm³/mol. The van der Waals surface area contributed by atoms with Gasteiger partial charge in [0.15, 0.2) is 5.82 Å². The summed E-state index contributed by atoms with van der Waals surface area (Å²) in [7, 11) is 0. The maximum absolute atomic E-state index is 11.2. The number of nitrogen functional groups attached to an aromatic ring is 2. The highest BCUT2D eigenvalue weighted by Crippen LogP contribution is 2.28. The molecule has 6 N–H and O–H groups in total. The first kappa shape index (κ1) is 15.5. The summed E-state index contributed by atoms with van der Waals surface area (Å²) in [4.78, 5) is 19.5. The van der Waals surface area contributed by atoms with Crippen molar-refractivity contribution in [3.8, 4) is 16.9 Å². The minimum Gasteiger partial charge on any atom is -0.395 e. The van der Waals surface area contributed by atoms with Crippen molar-refractivity contribution in [2.45, 2.75) is 12.8 Å². The second kappa shape index (κ2) is 5.99. The van der Waals surface area contributed by atoms with Crippen LogP contribution < -0.4 is 17.2 Å². The van der Waals surface area contributed by atoms with Gasteiger partial charge in [0, 0.05) is 29.7 Å². The van der Waals surface area contributed by atoms with Crippen LogP contribution in [0.1, 0.15) is 18.4 Å². The molecule has 0 fully saturated rings. The molecule has 3 heterocycles. The van der Waals surface area contributed by atoms with Crippen LogP contribution in [0.4, 0.5) is 11.5 Å². The molecular weight excluding hydrogens is 306 g/mol. The molecule has 24 heavy (non-hydrogen) atoms. The first-order chi connectivity index (χ1) is 11.5. The van der Waals surface area contributed by atoms with E-state index in [0.29, 0.717) is 11.5 Å². The standard InChI is InChI=1S/C16H17N7O/c1-9(16(19)24)10-2-3-13(21-6-10)23-8-11(7-22-23)12-4-5-20-15(18)14(12)17/h2-9H,17H2,1H3,(H2,18,20)(H2,19,24). The van der Waals surface area contributed by atoms with Crippen molar-refractivity contribution >= 4 is 17.4 Å². The number of primary amides is 1. The van der Waals surface area contributed by atoms with Gasteiger partial charge >= 0.3 is 0 Å². The lowest BCUT2D eigenvalue weighted by Crippen LogP contribution is -2.18. The molecule has 3 rings (SSSR count). The second-order valence-electron chi connectivity index (χ2n) is 5.40. The number of hydrogen-bond acceptors (Lipinski definition) is 6. The Hall–Kier alpha value is -3.42. The van der Waals surface area contributed by atoms with Gasteiger partial charge in [-0.1, -0.05) is 6.07 Å². The number of nitrogens with zero attached hydrogens (tertiary/aromatic N) is 4. The van der Waals surface area contributed by atoms with Gasteiger partial charge < -0.3 is 17.2 Å². The third-order valence-corrected chi connectivity index (χ3v) is 3.85. The van der Waals surface area contributed by atoms with Crippen molar-refractivity contribution in [1.29, 1.82) is 0 Å². The Labute approximate surface area is 138 Å². The van der Waals surface area contributed by atoms with Crippen LogP contribution in [-0.2, 0) is 4.79 Å². The highest BCUT2D eigenvalue weighted by Gasteiger charge is 2.13. The monoisotopic (exact) mass is 323 g/mol. The number of rotatable bonds is 4. The minimum atomic E-state index is -0.392. The van der Waals surface area contributed by atoms with Gasteiger partial charge in [-0.3, -0.25) is 4.79 Å². The fraction of sp³-hybridized carbons (Fsp3) is 0.125. The second-order valence-corrected chi connectivity index (χ2v) is 5.40. The molecule has 0 saturated heterocycles. The minimum absolute atomic E-state index is 0.281. The Bertz CT molecular complexity index is 886. The quantitative estimate of drug-likeness (QED) is 0.656. The molecular formula is C16H17N7O. The third-order valence-electron chi connectivity index (χ3n) is 3.85. The van der Waals surface area contributed by atoms with Crippen LogP contribution in [0.5, 0.6) is 0 Å². The number of hydrogen-bond donors (Lipinski definition) is 3. The molecule has 0 saturated carbocycles. The number of pyridine rings is 2. The summed E-state index contributed by atoms with van der Waals surface area (Å²) in [5.74, 6) is 0.112. The van der Waals surface area contributed by atoms with E-state index in [1.165, 1.54) is 0 Å². The molecule has 0 aromatic carbocycles. The summed E-state index contributed by atoms with van der Waals surface area (Å²) < 4.78 is 1.62. The van der Waals surface area contributed by atoms with Crippen molar-refractivity contribution in [1.82, 2.24) is 19.7 Å². The van der Waals surface area contributed by atoms with Crippen molar-refractivity contribution < 1.29 is 4.79 Å². The van der Waals surface area contributed by atoms with Gasteiger partial charge in [-0.2, -0.15) is 5.10 Å². The molecule has 0 radical (unpaired) electrons. The zero-order chi connectivity index (χ0) is 17.3. The van der Waals surface area contributed by atoms with E-state index in [1.54, 1.807) is 54.6 Å². The maximum Gasteiger partial charge on any atom is 0.224 e. The van der Waals surface area contributed by atoms with Crippen molar-refractivity contribution in [3.05, 3.63) is 48.5 Å². The Kier molecular flexibility index (Phi) is 3.87. The van der Waals surface area contributed by atoms with Gasteiger partial charge in [0.05, 0.1) is 17.8 Å². The van der Waals surface area contributed by atoms with Crippen LogP contribution in [0.25, 0.3) is 16.9 Å². The molecule has 8 nitrogen and oxygen atoms in total. The SMILES string of the molecule is CC(C(N)=O)c1ccc(-n2cc(-c3ccnc(N)c3N)cn2)nc1. The van der Waals surface area contributed by atoms with Crippen LogP contribution in [0.15, 0.2) is 43.0 Å². The number of nitrogens with two attached hydrogens (primary N) is 3. The Morgan fingerprint density at radius 2 is 1.96 bits per heavy atom. The van der Waals surface area contributed by atoms with E-state index >= 15 is 0 Å². The molecule has 0 aliphatic rings. The molecule has 8 heteroatoms. The molecule has 122 valence electrons. The van der Waals surface area contributed by atoms with Gasteiger partial charge in [0.2, 0.25) is 5.91 Å². The maximum atomic E-state index is 11.2. The van der Waals surface area contributed by atoms with Crippen LogP contribution in [0, 0.1) is 0 Å². The summed E-state index contributed by atoms with van der Waals surface area (Å²) in [6.45, 7) is 1.74. The topological polar surface area (TPSA) is 139 Å². The van der Waals surface area contributed by atoms with Crippen molar-refractivity contribution in [2.75, 3.05) is 11.5 Å². The summed E-state index contributed by atoms with van der Waals surface area (Å²) in [6.07, 6.45) is 6.68. The van der Waals surface area contributed by atoms with E-state index in [-0.39, 0.29) is 11.7 Å². The van der Waals surface area contributed by atoms with E-state index in [1.807, 2.05) is 0 Å². The first-order valence-electron chi connectivity index (χ1n) is 7.28. The summed E-state index contributed by atoms with van der Waals surface area (Å²) >= 11 is 0. The van der Waals surface area contributed by atoms with Crippen molar-refractivity contribution in [3.63, 3.8) is 0 Å². The summed E-state index contributed by atoms with van der Waals surface area (Å²) in [5, 5.41) is 4.29. The largest absolute Gasteiger partial charge is 0.395 e. The smallest absolute Gasteiger partial charge is 0.224 e. The van der Waals surface area contributed by atoms with E-state index in [2.05, 4.69) is 15.1 Å². The van der Waals surface area contributed by atoms with Crippen LogP contribution in [-0.4, -0.2) is 25.7 Å². The van der Waals surface area contributed by atoms with Gasteiger partial charge in [-0.15, -0.1) is 0 Å². The van der Waals surface area contributed by atoms with Gasteiger partial charge in [-0.25, -0.2) is 14.6 Å². The van der Waals surface area contributed by atoms with Crippen LogP contribution in [0.2, 0.25) is 0 Å². The fourth-order valence-electron chi connectivity index (χ4n) is 2.28. The molecule has 0 aliphatic carbocycles. The van der Waals surface area contributed by atoms with E-state index in [9.17, 15) is 4.79 Å². The van der Waals surface area contributed by atoms with Gasteiger partial charge in [0.25, 0.3) is 0 Å². The van der Waals surface area contributed by atoms with Gasteiger partial charge in [0.1, 0.15) is 5.82 Å². The van der Waals surface area contributed by atoms with E-state index in [4.69, 9.17) is 17.2 Å². The average Bonchev–Trinajstić information content (AvgIpc) is 3.06. The van der Waals surface area contributed by atoms with E-state index in [0.717, 1.165) is 16.7 Å². The summed E-state index contributed by atoms with van der Waals surface area (Å²) in [5.41, 5.74) is 19.7. The van der Waals surface area contributed by atoms with E-state index < -0.39 is 5.91 Å². The molecule has 1 amide bonds. The number of aromatic nitrogens is 4. The molecule has 0 bridgehead atoms. The lowest BCUT2D eigenvalue weighted by molar-refractivity contribution is -0.119. The third kappa shape index (κ3) is 2.76. The lowest BCUT2D eigenvalue weighted by Gasteiger charge is -2.08. The zero-order valence-corrected chi connectivity index (χ0v) is 13.0. The first-order valence-corrected chi connectivity index (χ1v) is 7.28. The Balaban J connectivity index is 1.91. The molecule has 0 aliphatic heterocycles. The Morgan fingerprint density at radius 3 is 2.62 bits per heavy atom. The zero-order valence-electron chi connectivity index (χ0n) is 13.0. The highest BCUT2D eigenvalue weighted by atomic mass is 16.1. The summed E-state index contributed by atoms with van der Waals surface area (Å²) in [6, 6.07) is 5.35. The van der Waals surface area contributed by atoms with Crippen LogP contribution in [0.3, 0.4) is 0 Å². The number of anilines is 2. The molecule has 1 atom stereocenters.